The van der Waals surface area contributed by atoms with Gasteiger partial charge in [-0.15, -0.1) is 0 Å². The van der Waals surface area contributed by atoms with E-state index in [0.29, 0.717) is 35.8 Å². The van der Waals surface area contributed by atoms with Gasteiger partial charge in [0.25, 0.3) is 11.5 Å². The Morgan fingerprint density at radius 3 is 2.68 bits per heavy atom. The Labute approximate surface area is 197 Å². The fourth-order valence-electron chi connectivity index (χ4n) is 4.62. The van der Waals surface area contributed by atoms with Crippen LogP contribution in [0.2, 0.25) is 0 Å². The first-order valence-corrected chi connectivity index (χ1v) is 11.4. The fourth-order valence-corrected chi connectivity index (χ4v) is 4.62. The van der Waals surface area contributed by atoms with Crippen LogP contribution in [0.4, 0.5) is 5.69 Å². The van der Waals surface area contributed by atoms with Crippen LogP contribution in [0.1, 0.15) is 34.1 Å². The molecule has 0 fully saturated rings. The Morgan fingerprint density at radius 2 is 1.88 bits per heavy atom. The lowest BCUT2D eigenvalue weighted by molar-refractivity contribution is 0.102. The molecule has 1 N–H and O–H groups in total. The number of para-hydroxylation sites is 2. The van der Waals surface area contributed by atoms with Crippen LogP contribution in [0.3, 0.4) is 0 Å². The highest BCUT2D eigenvalue weighted by molar-refractivity contribution is 6.08. The maximum atomic E-state index is 13.4. The van der Waals surface area contributed by atoms with Gasteiger partial charge in [-0.2, -0.15) is 9.61 Å². The second kappa shape index (κ2) is 9.15. The van der Waals surface area contributed by atoms with Crippen LogP contribution in [-0.4, -0.2) is 38.1 Å². The van der Waals surface area contributed by atoms with E-state index in [9.17, 15) is 9.59 Å². The van der Waals surface area contributed by atoms with Crippen molar-refractivity contribution in [1.82, 2.24) is 19.1 Å². The summed E-state index contributed by atoms with van der Waals surface area (Å²) in [5.74, 6) is 0.262. The maximum Gasteiger partial charge on any atom is 0.279 e. The number of hydrogen-bond acceptors (Lipinski definition) is 5. The van der Waals surface area contributed by atoms with E-state index in [1.54, 1.807) is 6.07 Å². The first-order chi connectivity index (χ1) is 16.6. The number of aryl methyl sites for hydroxylation is 1. The Hall–Kier alpha value is -3.91. The molecule has 0 saturated carbocycles. The second-order valence-corrected chi connectivity index (χ2v) is 8.41. The molecule has 34 heavy (non-hydrogen) atoms. The average Bonchev–Trinajstić information content (AvgIpc) is 3.30. The van der Waals surface area contributed by atoms with Gasteiger partial charge in [0.15, 0.2) is 5.65 Å². The van der Waals surface area contributed by atoms with Gasteiger partial charge in [-0.05, 0) is 24.6 Å². The average molecular weight is 458 g/mol. The monoisotopic (exact) mass is 457 g/mol. The molecule has 2 aromatic carbocycles. The zero-order valence-corrected chi connectivity index (χ0v) is 19.3. The quantitative estimate of drug-likeness (QED) is 0.481. The summed E-state index contributed by atoms with van der Waals surface area (Å²) in [7, 11) is 1.90. The zero-order valence-electron chi connectivity index (χ0n) is 19.3. The van der Waals surface area contributed by atoms with Crippen molar-refractivity contribution in [2.45, 2.75) is 26.4 Å². The molecule has 0 radical (unpaired) electrons. The van der Waals surface area contributed by atoms with Gasteiger partial charge in [0.2, 0.25) is 0 Å². The molecule has 0 atom stereocenters. The topological polar surface area (TPSA) is 80.9 Å². The Balaban J connectivity index is 1.47. The molecule has 0 aliphatic carbocycles. The molecule has 0 saturated heterocycles. The summed E-state index contributed by atoms with van der Waals surface area (Å²) < 4.78 is 8.90. The van der Waals surface area contributed by atoms with Crippen molar-refractivity contribution in [1.29, 1.82) is 0 Å². The van der Waals surface area contributed by atoms with Crippen LogP contribution >= 0.6 is 0 Å². The van der Waals surface area contributed by atoms with Crippen molar-refractivity contribution in [3.05, 3.63) is 93.5 Å². The van der Waals surface area contributed by atoms with Gasteiger partial charge in [0.05, 0.1) is 24.1 Å². The number of ether oxygens (including phenoxy) is 1. The third-order valence-electron chi connectivity index (χ3n) is 6.24. The number of amides is 1. The van der Waals surface area contributed by atoms with Gasteiger partial charge in [0.1, 0.15) is 11.3 Å². The molecular formula is C26H27N5O3. The molecule has 2 aromatic heterocycles. The minimum absolute atomic E-state index is 0.172. The van der Waals surface area contributed by atoms with Crippen LogP contribution < -0.4 is 15.6 Å². The van der Waals surface area contributed by atoms with E-state index in [1.165, 1.54) is 16.3 Å². The zero-order chi connectivity index (χ0) is 23.7. The van der Waals surface area contributed by atoms with E-state index < -0.39 is 0 Å². The molecule has 1 amide bonds. The van der Waals surface area contributed by atoms with Gasteiger partial charge in [-0.3, -0.25) is 14.5 Å². The number of carbonyl (C=O) groups excluding carboxylic acids is 1. The third kappa shape index (κ3) is 3.97. The van der Waals surface area contributed by atoms with Crippen LogP contribution in [0, 0.1) is 0 Å². The smallest absolute Gasteiger partial charge is 0.279 e. The number of nitrogens with zero attached hydrogens (tertiary/aromatic N) is 4. The Kier molecular flexibility index (Phi) is 5.90. The lowest BCUT2D eigenvalue weighted by Gasteiger charge is -2.29. The number of aromatic nitrogens is 3. The first kappa shape index (κ1) is 21.9. The van der Waals surface area contributed by atoms with Gasteiger partial charge in [-0.1, -0.05) is 42.5 Å². The van der Waals surface area contributed by atoms with Crippen LogP contribution in [0.25, 0.3) is 5.65 Å². The van der Waals surface area contributed by atoms with E-state index in [1.807, 2.05) is 54.9 Å². The van der Waals surface area contributed by atoms with E-state index in [2.05, 4.69) is 27.4 Å². The molecule has 0 unspecified atom stereocenters. The fraction of sp³-hybridized carbons (Fsp3) is 0.269. The Morgan fingerprint density at radius 1 is 1.12 bits per heavy atom. The predicted molar refractivity (Wildman–Crippen MR) is 130 cm³/mol. The third-order valence-corrected chi connectivity index (χ3v) is 6.24. The van der Waals surface area contributed by atoms with E-state index in [-0.39, 0.29) is 11.5 Å². The highest BCUT2D eigenvalue weighted by atomic mass is 16.5. The van der Waals surface area contributed by atoms with Crippen molar-refractivity contribution in [3.8, 4) is 5.75 Å². The number of carbonyl (C=O) groups is 1. The summed E-state index contributed by atoms with van der Waals surface area (Å²) in [4.78, 5) is 28.8. The number of hydrogen-bond donors (Lipinski definition) is 1. The van der Waals surface area contributed by atoms with Gasteiger partial charge >= 0.3 is 0 Å². The van der Waals surface area contributed by atoms with Gasteiger partial charge < -0.3 is 14.6 Å². The predicted octanol–water partition coefficient (Wildman–Crippen LogP) is 3.24. The molecule has 5 rings (SSSR count). The minimum atomic E-state index is -0.335. The molecule has 1 aliphatic rings. The highest BCUT2D eigenvalue weighted by Gasteiger charge is 2.26. The normalized spacial score (nSPS) is 13.6. The van der Waals surface area contributed by atoms with E-state index in [0.717, 1.165) is 30.8 Å². The first-order valence-electron chi connectivity index (χ1n) is 11.4. The molecule has 0 spiro atoms. The standard InChI is InChI=1S/C26H27N5O3/c1-3-34-23-12-8-7-11-21(23)28-24(32)19-15-27-31-25(19)29(2)22-13-14-30(17-20(22)26(31)33)16-18-9-5-4-6-10-18/h4-12,15H,3,13-14,16-17H2,1-2H3,(H,28,32). The lowest BCUT2D eigenvalue weighted by Crippen LogP contribution is -2.38. The highest BCUT2D eigenvalue weighted by Crippen LogP contribution is 2.26. The summed E-state index contributed by atoms with van der Waals surface area (Å²) in [6, 6.07) is 17.5. The lowest BCUT2D eigenvalue weighted by atomic mass is 10.1. The number of benzene rings is 2. The molecule has 8 heteroatoms. The Bertz CT molecular complexity index is 1410. The van der Waals surface area contributed by atoms with Crippen molar-refractivity contribution >= 4 is 17.2 Å². The summed E-state index contributed by atoms with van der Waals surface area (Å²) >= 11 is 0. The number of rotatable bonds is 6. The number of fused-ring (bicyclic) bond motifs is 2. The van der Waals surface area contributed by atoms with E-state index in [4.69, 9.17) is 4.74 Å². The SMILES string of the molecule is CCOc1ccccc1NC(=O)c1cnn2c(=O)c3c(n(C)c12)CCN(Cc1ccccc1)C3. The van der Waals surface area contributed by atoms with Gasteiger partial charge in [0, 0.05) is 38.8 Å². The van der Waals surface area contributed by atoms with Crippen LogP contribution in [-0.2, 0) is 26.6 Å². The molecular weight excluding hydrogens is 430 g/mol. The number of anilines is 1. The molecule has 1 aliphatic heterocycles. The largest absolute Gasteiger partial charge is 0.492 e. The van der Waals surface area contributed by atoms with Crippen molar-refractivity contribution < 1.29 is 9.53 Å². The summed E-state index contributed by atoms with van der Waals surface area (Å²) in [5, 5.41) is 7.20. The summed E-state index contributed by atoms with van der Waals surface area (Å²) in [6.07, 6.45) is 2.19. The molecule has 8 nitrogen and oxygen atoms in total. The molecule has 0 bridgehead atoms. The van der Waals surface area contributed by atoms with Crippen molar-refractivity contribution in [2.24, 2.45) is 7.05 Å². The molecule has 174 valence electrons. The van der Waals surface area contributed by atoms with Gasteiger partial charge in [-0.25, -0.2) is 0 Å². The van der Waals surface area contributed by atoms with E-state index >= 15 is 0 Å². The second-order valence-electron chi connectivity index (χ2n) is 8.41. The minimum Gasteiger partial charge on any atom is -0.492 e. The van der Waals surface area contributed by atoms with Crippen LogP contribution in [0.15, 0.2) is 65.6 Å². The van der Waals surface area contributed by atoms with Crippen molar-refractivity contribution in [3.63, 3.8) is 0 Å². The maximum absolute atomic E-state index is 13.4. The van der Waals surface area contributed by atoms with Crippen molar-refractivity contribution in [2.75, 3.05) is 18.5 Å². The molecule has 4 aromatic rings. The molecule has 3 heterocycles. The summed E-state index contributed by atoms with van der Waals surface area (Å²) in [5.41, 5.74) is 4.14. The summed E-state index contributed by atoms with van der Waals surface area (Å²) in [6.45, 7) is 4.56. The van der Waals surface area contributed by atoms with Crippen LogP contribution in [0.5, 0.6) is 5.75 Å². The number of nitrogens with one attached hydrogen (secondary N) is 1.